The fourth-order valence-electron chi connectivity index (χ4n) is 3.59. The summed E-state index contributed by atoms with van der Waals surface area (Å²) in [6, 6.07) is 2.60. The van der Waals surface area contributed by atoms with Crippen LogP contribution in [0.3, 0.4) is 0 Å². The van der Waals surface area contributed by atoms with Crippen molar-refractivity contribution in [3.63, 3.8) is 0 Å². The summed E-state index contributed by atoms with van der Waals surface area (Å²) in [5, 5.41) is 2.81. The van der Waals surface area contributed by atoms with E-state index in [2.05, 4.69) is 5.32 Å². The molecule has 2 aliphatic rings. The van der Waals surface area contributed by atoms with Gasteiger partial charge in [0.05, 0.1) is 14.2 Å². The summed E-state index contributed by atoms with van der Waals surface area (Å²) in [6.45, 7) is 0.972. The third-order valence-corrected chi connectivity index (χ3v) is 4.90. The molecule has 0 aliphatic carbocycles. The number of likely N-dealkylation sites (tertiary alicyclic amines) is 1. The van der Waals surface area contributed by atoms with E-state index in [1.165, 1.54) is 19.1 Å². The van der Waals surface area contributed by atoms with Crippen molar-refractivity contribution in [3.05, 3.63) is 23.3 Å². The van der Waals surface area contributed by atoms with Gasteiger partial charge in [-0.2, -0.15) is 0 Å². The monoisotopic (exact) mass is 392 g/mol. The molecule has 1 saturated heterocycles. The Hall–Kier alpha value is -2.81. The Bertz CT molecular complexity index is 780. The standard InChI is InChI=1S/C19H24N2O7/c1-25-10-4-9-20-17(23)12-6-8-14(22)21(12)18-11-5-7-13(26-2)16(27-3)15(11)19(24)28-18/h5,7,12,18H,4,6,8-10H2,1-3H3,(H,20,23)/t12-,18-/m0/s1. The molecule has 0 saturated carbocycles. The van der Waals surface area contributed by atoms with Crippen molar-refractivity contribution in [1.82, 2.24) is 10.2 Å². The zero-order valence-corrected chi connectivity index (χ0v) is 16.1. The molecule has 0 spiro atoms. The first-order chi connectivity index (χ1) is 13.5. The number of hydrogen-bond donors (Lipinski definition) is 1. The normalized spacial score (nSPS) is 20.8. The first-order valence-corrected chi connectivity index (χ1v) is 9.07. The third kappa shape index (κ3) is 3.49. The van der Waals surface area contributed by atoms with E-state index >= 15 is 0 Å². The second kappa shape index (κ2) is 8.47. The number of nitrogens with one attached hydrogen (secondary N) is 1. The number of esters is 1. The van der Waals surface area contributed by atoms with Gasteiger partial charge in [-0.15, -0.1) is 0 Å². The zero-order chi connectivity index (χ0) is 20.3. The Kier molecular flexibility index (Phi) is 6.03. The Labute approximate surface area is 162 Å². The molecule has 152 valence electrons. The fraction of sp³-hybridized carbons (Fsp3) is 0.526. The molecule has 1 N–H and O–H groups in total. The molecule has 2 aliphatic heterocycles. The van der Waals surface area contributed by atoms with Gasteiger partial charge in [0.15, 0.2) is 11.5 Å². The molecule has 28 heavy (non-hydrogen) atoms. The first-order valence-electron chi connectivity index (χ1n) is 9.07. The van der Waals surface area contributed by atoms with Crippen molar-refractivity contribution in [3.8, 4) is 11.5 Å². The highest BCUT2D eigenvalue weighted by Crippen LogP contribution is 2.45. The molecule has 1 aromatic carbocycles. The maximum absolute atomic E-state index is 12.6. The Morgan fingerprint density at radius 1 is 1.25 bits per heavy atom. The van der Waals surface area contributed by atoms with E-state index in [9.17, 15) is 14.4 Å². The smallest absolute Gasteiger partial charge is 0.344 e. The summed E-state index contributed by atoms with van der Waals surface area (Å²) in [4.78, 5) is 39.0. The number of nitrogens with zero attached hydrogens (tertiary/aromatic N) is 1. The van der Waals surface area contributed by atoms with Gasteiger partial charge in [-0.3, -0.25) is 14.5 Å². The van der Waals surface area contributed by atoms with E-state index in [0.717, 1.165) is 0 Å². The van der Waals surface area contributed by atoms with Crippen LogP contribution in [0.5, 0.6) is 11.5 Å². The van der Waals surface area contributed by atoms with Gasteiger partial charge in [-0.25, -0.2) is 4.79 Å². The molecule has 0 unspecified atom stereocenters. The minimum atomic E-state index is -0.966. The number of cyclic esters (lactones) is 1. The molecule has 0 aromatic heterocycles. The van der Waals surface area contributed by atoms with Crippen molar-refractivity contribution in [1.29, 1.82) is 0 Å². The predicted octanol–water partition coefficient (Wildman–Crippen LogP) is 1.02. The van der Waals surface area contributed by atoms with Crippen molar-refractivity contribution in [2.24, 2.45) is 0 Å². The number of amides is 2. The molecule has 2 amide bonds. The van der Waals surface area contributed by atoms with E-state index in [1.54, 1.807) is 19.2 Å². The second-order valence-electron chi connectivity index (χ2n) is 6.52. The van der Waals surface area contributed by atoms with Crippen LogP contribution in [0.15, 0.2) is 12.1 Å². The van der Waals surface area contributed by atoms with Gasteiger partial charge in [-0.05, 0) is 25.0 Å². The van der Waals surface area contributed by atoms with Gasteiger partial charge in [0.1, 0.15) is 11.6 Å². The summed E-state index contributed by atoms with van der Waals surface area (Å²) in [7, 11) is 4.49. The van der Waals surface area contributed by atoms with Crippen LogP contribution in [0, 0.1) is 0 Å². The molecule has 9 heteroatoms. The molecule has 2 heterocycles. The molecular formula is C19H24N2O7. The lowest BCUT2D eigenvalue weighted by Crippen LogP contribution is -2.46. The molecular weight excluding hydrogens is 368 g/mol. The summed E-state index contributed by atoms with van der Waals surface area (Å²) in [5.41, 5.74) is 0.695. The average molecular weight is 392 g/mol. The lowest BCUT2D eigenvalue weighted by Gasteiger charge is -2.29. The number of carbonyl (C=O) groups is 3. The Balaban J connectivity index is 1.86. The molecule has 0 radical (unpaired) electrons. The van der Waals surface area contributed by atoms with E-state index in [4.69, 9.17) is 18.9 Å². The van der Waals surface area contributed by atoms with Crippen LogP contribution >= 0.6 is 0 Å². The maximum atomic E-state index is 12.6. The van der Waals surface area contributed by atoms with E-state index < -0.39 is 18.2 Å². The number of hydrogen-bond acceptors (Lipinski definition) is 7. The number of benzene rings is 1. The highest BCUT2D eigenvalue weighted by molar-refractivity contribution is 5.99. The van der Waals surface area contributed by atoms with Crippen LogP contribution in [-0.4, -0.2) is 63.2 Å². The summed E-state index contributed by atoms with van der Waals surface area (Å²) in [5.74, 6) is -0.488. The van der Waals surface area contributed by atoms with E-state index in [-0.39, 0.29) is 29.5 Å². The largest absolute Gasteiger partial charge is 0.493 e. The SMILES string of the molecule is COCCCNC(=O)[C@@H]1CCC(=O)N1[C@H]1OC(=O)c2c1ccc(OC)c2OC. The number of methoxy groups -OCH3 is 3. The van der Waals surface area contributed by atoms with Gasteiger partial charge in [0, 0.05) is 32.2 Å². The average Bonchev–Trinajstić information content (AvgIpc) is 3.24. The van der Waals surface area contributed by atoms with E-state index in [1.807, 2.05) is 0 Å². The van der Waals surface area contributed by atoms with Gasteiger partial charge in [0.25, 0.3) is 0 Å². The lowest BCUT2D eigenvalue weighted by molar-refractivity contribution is -0.145. The van der Waals surface area contributed by atoms with Crippen LogP contribution in [-0.2, 0) is 19.1 Å². The van der Waals surface area contributed by atoms with Crippen molar-refractivity contribution < 1.29 is 33.3 Å². The number of carbonyl (C=O) groups excluding carboxylic acids is 3. The molecule has 0 bridgehead atoms. The number of rotatable bonds is 8. The minimum Gasteiger partial charge on any atom is -0.493 e. The number of ether oxygens (including phenoxy) is 4. The summed E-state index contributed by atoms with van der Waals surface area (Å²) >= 11 is 0. The van der Waals surface area contributed by atoms with Crippen LogP contribution in [0.1, 0.15) is 41.4 Å². The molecule has 1 fully saturated rings. The topological polar surface area (TPSA) is 103 Å². The van der Waals surface area contributed by atoms with Crippen LogP contribution in [0.25, 0.3) is 0 Å². The van der Waals surface area contributed by atoms with Crippen molar-refractivity contribution in [2.75, 3.05) is 34.5 Å². The van der Waals surface area contributed by atoms with Crippen LogP contribution in [0.2, 0.25) is 0 Å². The Morgan fingerprint density at radius 3 is 2.71 bits per heavy atom. The maximum Gasteiger partial charge on any atom is 0.344 e. The lowest BCUT2D eigenvalue weighted by atomic mass is 10.1. The van der Waals surface area contributed by atoms with E-state index in [0.29, 0.717) is 37.3 Å². The van der Waals surface area contributed by atoms with Crippen LogP contribution in [0.4, 0.5) is 0 Å². The fourth-order valence-corrected chi connectivity index (χ4v) is 3.59. The van der Waals surface area contributed by atoms with Gasteiger partial charge < -0.3 is 24.3 Å². The third-order valence-electron chi connectivity index (χ3n) is 4.90. The predicted molar refractivity (Wildman–Crippen MR) is 97.1 cm³/mol. The van der Waals surface area contributed by atoms with Crippen molar-refractivity contribution >= 4 is 17.8 Å². The highest BCUT2D eigenvalue weighted by Gasteiger charge is 2.47. The second-order valence-corrected chi connectivity index (χ2v) is 6.52. The zero-order valence-electron chi connectivity index (χ0n) is 16.1. The van der Waals surface area contributed by atoms with Crippen LogP contribution < -0.4 is 14.8 Å². The van der Waals surface area contributed by atoms with Gasteiger partial charge in [-0.1, -0.05) is 0 Å². The minimum absolute atomic E-state index is 0.214. The van der Waals surface area contributed by atoms with Gasteiger partial charge >= 0.3 is 5.97 Å². The molecule has 1 aromatic rings. The summed E-state index contributed by atoms with van der Waals surface area (Å²) in [6.07, 6.45) is 0.284. The summed E-state index contributed by atoms with van der Waals surface area (Å²) < 4.78 is 21.0. The number of fused-ring (bicyclic) bond motifs is 1. The molecule has 9 nitrogen and oxygen atoms in total. The Morgan fingerprint density at radius 2 is 2.04 bits per heavy atom. The van der Waals surface area contributed by atoms with Crippen molar-refractivity contribution in [2.45, 2.75) is 31.5 Å². The quantitative estimate of drug-likeness (QED) is 0.520. The van der Waals surface area contributed by atoms with Gasteiger partial charge in [0.2, 0.25) is 18.0 Å². The molecule has 3 rings (SSSR count). The highest BCUT2D eigenvalue weighted by atomic mass is 16.6. The molecule has 2 atom stereocenters. The first kappa shape index (κ1) is 19.9.